The van der Waals surface area contributed by atoms with E-state index in [2.05, 4.69) is 5.10 Å². The summed E-state index contributed by atoms with van der Waals surface area (Å²) >= 11 is 0. The van der Waals surface area contributed by atoms with Gasteiger partial charge in [0.25, 0.3) is 0 Å². The van der Waals surface area contributed by atoms with Crippen LogP contribution in [0, 0.1) is 11.8 Å². The lowest BCUT2D eigenvalue weighted by atomic mass is 9.94. The van der Waals surface area contributed by atoms with Crippen LogP contribution < -0.4 is 0 Å². The second-order valence-electron chi connectivity index (χ2n) is 5.54. The van der Waals surface area contributed by atoms with Crippen LogP contribution in [-0.2, 0) is 21.4 Å². The van der Waals surface area contributed by atoms with E-state index in [1.807, 2.05) is 13.8 Å². The third-order valence-electron chi connectivity index (χ3n) is 3.38. The van der Waals surface area contributed by atoms with Gasteiger partial charge in [-0.15, -0.1) is 0 Å². The zero-order valence-electron chi connectivity index (χ0n) is 11.6. The fraction of sp³-hybridized carbons (Fsp3) is 0.667. The van der Waals surface area contributed by atoms with Crippen molar-refractivity contribution >= 4 is 16.0 Å². The second kappa shape index (κ2) is 5.53. The Labute approximate surface area is 118 Å². The molecule has 1 aromatic rings. The molecule has 7 nitrogen and oxygen atoms in total. The normalized spacial score (nSPS) is 24.7. The molecule has 1 saturated heterocycles. The van der Waals surface area contributed by atoms with Gasteiger partial charge in [0.05, 0.1) is 6.20 Å². The van der Waals surface area contributed by atoms with E-state index in [0.29, 0.717) is 24.9 Å². The van der Waals surface area contributed by atoms with Crippen LogP contribution in [0.25, 0.3) is 0 Å². The van der Waals surface area contributed by atoms with Gasteiger partial charge in [-0.25, -0.2) is 8.42 Å². The topological polar surface area (TPSA) is 92.5 Å². The van der Waals surface area contributed by atoms with Crippen molar-refractivity contribution < 1.29 is 18.3 Å². The Hall–Kier alpha value is -1.41. The minimum Gasteiger partial charge on any atom is -0.480 e. The molecule has 2 unspecified atom stereocenters. The van der Waals surface area contributed by atoms with Crippen LogP contribution in [-0.4, -0.2) is 46.7 Å². The van der Waals surface area contributed by atoms with Crippen LogP contribution >= 0.6 is 0 Å². The summed E-state index contributed by atoms with van der Waals surface area (Å²) in [5.41, 5.74) is 0. The van der Waals surface area contributed by atoms with Gasteiger partial charge in [-0.3, -0.25) is 9.48 Å². The van der Waals surface area contributed by atoms with Crippen molar-refractivity contribution in [2.75, 3.05) is 13.1 Å². The molecule has 1 aliphatic rings. The van der Waals surface area contributed by atoms with Gasteiger partial charge in [-0.2, -0.15) is 9.40 Å². The SMILES string of the molecule is CC1CC(C)CN(S(=O)(=O)c2cnn(CC(=O)O)c2)C1. The summed E-state index contributed by atoms with van der Waals surface area (Å²) in [5, 5.41) is 12.5. The summed E-state index contributed by atoms with van der Waals surface area (Å²) in [7, 11) is -3.59. The van der Waals surface area contributed by atoms with Crippen molar-refractivity contribution in [3.63, 3.8) is 0 Å². The number of piperidine rings is 1. The third-order valence-corrected chi connectivity index (χ3v) is 5.16. The lowest BCUT2D eigenvalue weighted by molar-refractivity contribution is -0.137. The maximum atomic E-state index is 12.5. The van der Waals surface area contributed by atoms with E-state index < -0.39 is 16.0 Å². The van der Waals surface area contributed by atoms with E-state index in [4.69, 9.17) is 5.11 Å². The molecule has 2 atom stereocenters. The van der Waals surface area contributed by atoms with Crippen LogP contribution in [0.3, 0.4) is 0 Å². The smallest absolute Gasteiger partial charge is 0.325 e. The predicted octanol–water partition coefficient (Wildman–Crippen LogP) is 0.634. The van der Waals surface area contributed by atoms with E-state index in [1.165, 1.54) is 16.7 Å². The number of sulfonamides is 1. The number of rotatable bonds is 4. The maximum absolute atomic E-state index is 12.5. The Morgan fingerprint density at radius 2 is 2.00 bits per heavy atom. The molecule has 1 N–H and O–H groups in total. The van der Waals surface area contributed by atoms with Crippen molar-refractivity contribution in [1.29, 1.82) is 0 Å². The summed E-state index contributed by atoms with van der Waals surface area (Å²) in [6.45, 7) is 4.72. The van der Waals surface area contributed by atoms with Crippen molar-refractivity contribution in [1.82, 2.24) is 14.1 Å². The van der Waals surface area contributed by atoms with Crippen molar-refractivity contribution in [3.05, 3.63) is 12.4 Å². The van der Waals surface area contributed by atoms with Crippen LogP contribution in [0.1, 0.15) is 20.3 Å². The number of carboxylic acids is 1. The lowest BCUT2D eigenvalue weighted by Crippen LogP contribution is -2.42. The Morgan fingerprint density at radius 3 is 2.55 bits per heavy atom. The fourth-order valence-electron chi connectivity index (χ4n) is 2.65. The predicted molar refractivity (Wildman–Crippen MR) is 71.6 cm³/mol. The molecular formula is C12H19N3O4S. The first-order chi connectivity index (χ1) is 9.29. The van der Waals surface area contributed by atoms with Gasteiger partial charge < -0.3 is 5.11 Å². The molecule has 2 rings (SSSR count). The van der Waals surface area contributed by atoms with Gasteiger partial charge >= 0.3 is 5.97 Å². The molecule has 2 heterocycles. The number of aliphatic carboxylic acids is 1. The van der Waals surface area contributed by atoms with E-state index in [-0.39, 0.29) is 11.4 Å². The highest BCUT2D eigenvalue weighted by molar-refractivity contribution is 7.89. The molecule has 1 aliphatic heterocycles. The molecule has 0 saturated carbocycles. The highest BCUT2D eigenvalue weighted by Crippen LogP contribution is 2.26. The molecule has 8 heteroatoms. The first-order valence-corrected chi connectivity index (χ1v) is 7.97. The zero-order valence-corrected chi connectivity index (χ0v) is 12.4. The van der Waals surface area contributed by atoms with Gasteiger partial charge in [0.1, 0.15) is 11.4 Å². The van der Waals surface area contributed by atoms with Gasteiger partial charge in [0.15, 0.2) is 0 Å². The molecule has 1 aromatic heterocycles. The van der Waals surface area contributed by atoms with Crippen molar-refractivity contribution in [2.45, 2.75) is 31.7 Å². The number of carboxylic acid groups (broad SMARTS) is 1. The van der Waals surface area contributed by atoms with Crippen LogP contribution in [0.4, 0.5) is 0 Å². The Morgan fingerprint density at radius 1 is 1.40 bits per heavy atom. The van der Waals surface area contributed by atoms with Crippen LogP contribution in [0.15, 0.2) is 17.3 Å². The first-order valence-electron chi connectivity index (χ1n) is 6.53. The summed E-state index contributed by atoms with van der Waals surface area (Å²) in [5.74, 6) is -0.414. The number of aromatic nitrogens is 2. The van der Waals surface area contributed by atoms with E-state index in [0.717, 1.165) is 11.1 Å². The average Bonchev–Trinajstić information content (AvgIpc) is 2.75. The first kappa shape index (κ1) is 15.0. The largest absolute Gasteiger partial charge is 0.480 e. The molecule has 0 bridgehead atoms. The van der Waals surface area contributed by atoms with E-state index >= 15 is 0 Å². The quantitative estimate of drug-likeness (QED) is 0.880. The van der Waals surface area contributed by atoms with Gasteiger partial charge in [0.2, 0.25) is 10.0 Å². The van der Waals surface area contributed by atoms with Gasteiger partial charge in [-0.1, -0.05) is 13.8 Å². The highest BCUT2D eigenvalue weighted by atomic mass is 32.2. The number of hydrogen-bond donors (Lipinski definition) is 1. The highest BCUT2D eigenvalue weighted by Gasteiger charge is 2.32. The van der Waals surface area contributed by atoms with Crippen LogP contribution in [0.2, 0.25) is 0 Å². The minimum atomic E-state index is -3.59. The summed E-state index contributed by atoms with van der Waals surface area (Å²) < 4.78 is 27.6. The monoisotopic (exact) mass is 301 g/mol. The lowest BCUT2D eigenvalue weighted by Gasteiger charge is -2.33. The summed E-state index contributed by atoms with van der Waals surface area (Å²) in [6.07, 6.45) is 3.50. The standard InChI is InChI=1S/C12H19N3O4S/c1-9-3-10(2)6-15(5-9)20(18,19)11-4-13-14(7-11)8-12(16)17/h4,7,9-10H,3,5-6,8H2,1-2H3,(H,16,17). The number of carbonyl (C=O) groups is 1. The molecule has 0 spiro atoms. The molecular weight excluding hydrogens is 282 g/mol. The molecule has 0 aliphatic carbocycles. The molecule has 0 aromatic carbocycles. The van der Waals surface area contributed by atoms with Gasteiger partial charge in [0, 0.05) is 19.3 Å². The number of hydrogen-bond acceptors (Lipinski definition) is 4. The second-order valence-corrected chi connectivity index (χ2v) is 7.47. The van der Waals surface area contributed by atoms with Gasteiger partial charge in [-0.05, 0) is 18.3 Å². The number of nitrogens with zero attached hydrogens (tertiary/aromatic N) is 3. The molecule has 112 valence electrons. The minimum absolute atomic E-state index is 0.0556. The molecule has 0 radical (unpaired) electrons. The van der Waals surface area contributed by atoms with Crippen molar-refractivity contribution in [2.24, 2.45) is 11.8 Å². The van der Waals surface area contributed by atoms with E-state index in [9.17, 15) is 13.2 Å². The average molecular weight is 301 g/mol. The third kappa shape index (κ3) is 3.18. The van der Waals surface area contributed by atoms with Crippen molar-refractivity contribution in [3.8, 4) is 0 Å². The fourth-order valence-corrected chi connectivity index (χ4v) is 4.29. The van der Waals surface area contributed by atoms with E-state index in [1.54, 1.807) is 0 Å². The molecule has 20 heavy (non-hydrogen) atoms. The Bertz CT molecular complexity index is 586. The zero-order chi connectivity index (χ0) is 14.9. The molecule has 1 fully saturated rings. The molecule has 0 amide bonds. The summed E-state index contributed by atoms with van der Waals surface area (Å²) in [4.78, 5) is 10.7. The van der Waals surface area contributed by atoms with Crippen LogP contribution in [0.5, 0.6) is 0 Å². The summed E-state index contributed by atoms with van der Waals surface area (Å²) in [6, 6.07) is 0. The Kier molecular flexibility index (Phi) is 4.14. The Balaban J connectivity index is 2.21. The maximum Gasteiger partial charge on any atom is 0.325 e.